The van der Waals surface area contributed by atoms with Gasteiger partial charge < -0.3 is 9.40 Å². The van der Waals surface area contributed by atoms with Crippen molar-refractivity contribution in [3.8, 4) is 11.6 Å². The average molecular weight is 176 g/mol. The van der Waals surface area contributed by atoms with E-state index in [1.54, 1.807) is 29.5 Å². The molecule has 0 aliphatic heterocycles. The SMILES string of the molecule is NOc1cn(-c2cccnc2)cn1. The summed E-state index contributed by atoms with van der Waals surface area (Å²) in [7, 11) is 0. The molecule has 0 radical (unpaired) electrons. The summed E-state index contributed by atoms with van der Waals surface area (Å²) >= 11 is 0. The average Bonchev–Trinajstić information content (AvgIpc) is 2.67. The molecule has 5 nitrogen and oxygen atoms in total. The number of nitrogens with zero attached hydrogens (tertiary/aromatic N) is 3. The molecule has 13 heavy (non-hydrogen) atoms. The van der Waals surface area contributed by atoms with Gasteiger partial charge in [0.05, 0.1) is 18.1 Å². The molecule has 2 rings (SSSR count). The van der Waals surface area contributed by atoms with Crippen molar-refractivity contribution in [2.24, 2.45) is 5.90 Å². The zero-order chi connectivity index (χ0) is 9.10. The van der Waals surface area contributed by atoms with Crippen LogP contribution in [0, 0.1) is 0 Å². The zero-order valence-electron chi connectivity index (χ0n) is 6.79. The van der Waals surface area contributed by atoms with E-state index in [0.29, 0.717) is 5.88 Å². The van der Waals surface area contributed by atoms with E-state index in [2.05, 4.69) is 14.8 Å². The largest absolute Gasteiger partial charge is 0.389 e. The summed E-state index contributed by atoms with van der Waals surface area (Å²) in [5, 5.41) is 0. The van der Waals surface area contributed by atoms with Crippen LogP contribution in [0.5, 0.6) is 5.88 Å². The van der Waals surface area contributed by atoms with Crippen LogP contribution >= 0.6 is 0 Å². The summed E-state index contributed by atoms with van der Waals surface area (Å²) in [6.45, 7) is 0. The summed E-state index contributed by atoms with van der Waals surface area (Å²) in [5.41, 5.74) is 0.915. The second-order valence-corrected chi connectivity index (χ2v) is 2.45. The van der Waals surface area contributed by atoms with Crippen molar-refractivity contribution in [3.05, 3.63) is 37.1 Å². The maximum Gasteiger partial charge on any atom is 0.255 e. The number of nitrogens with two attached hydrogens (primary N) is 1. The molecule has 0 aliphatic carbocycles. The van der Waals surface area contributed by atoms with Gasteiger partial charge in [-0.3, -0.25) is 4.98 Å². The molecule has 0 fully saturated rings. The van der Waals surface area contributed by atoms with Gasteiger partial charge in [0, 0.05) is 6.20 Å². The standard InChI is InChI=1S/C8H8N4O/c9-13-8-5-12(6-11-8)7-2-1-3-10-4-7/h1-6H,9H2. The van der Waals surface area contributed by atoms with Gasteiger partial charge >= 0.3 is 0 Å². The first-order valence-corrected chi connectivity index (χ1v) is 3.71. The lowest BCUT2D eigenvalue weighted by Crippen LogP contribution is -2.01. The summed E-state index contributed by atoms with van der Waals surface area (Å²) in [5.74, 6) is 5.33. The van der Waals surface area contributed by atoms with E-state index in [1.807, 2.05) is 12.1 Å². The summed E-state index contributed by atoms with van der Waals surface area (Å²) in [4.78, 5) is 12.3. The minimum atomic E-state index is 0.379. The molecule has 2 aromatic rings. The Kier molecular flexibility index (Phi) is 1.93. The second kappa shape index (κ2) is 3.24. The Bertz CT molecular complexity index is 384. The molecule has 0 bridgehead atoms. The molecule has 0 atom stereocenters. The maximum atomic E-state index is 4.95. The van der Waals surface area contributed by atoms with Crippen LogP contribution in [-0.4, -0.2) is 14.5 Å². The Labute approximate surface area is 74.8 Å². The van der Waals surface area contributed by atoms with Crippen molar-refractivity contribution in [3.63, 3.8) is 0 Å². The van der Waals surface area contributed by atoms with Gasteiger partial charge in [-0.15, -0.1) is 0 Å². The Balaban J connectivity index is 2.36. The van der Waals surface area contributed by atoms with E-state index in [4.69, 9.17) is 5.90 Å². The third-order valence-electron chi connectivity index (χ3n) is 1.62. The van der Waals surface area contributed by atoms with Crippen LogP contribution in [0.25, 0.3) is 5.69 Å². The van der Waals surface area contributed by atoms with Crippen LogP contribution in [0.1, 0.15) is 0 Å². The third-order valence-corrected chi connectivity index (χ3v) is 1.62. The Morgan fingerprint density at radius 2 is 2.38 bits per heavy atom. The summed E-state index contributed by atoms with van der Waals surface area (Å²) < 4.78 is 1.77. The fraction of sp³-hybridized carbons (Fsp3) is 0. The smallest absolute Gasteiger partial charge is 0.255 e. The number of hydrogen-bond acceptors (Lipinski definition) is 4. The molecule has 0 spiro atoms. The summed E-state index contributed by atoms with van der Waals surface area (Å²) in [6.07, 6.45) is 6.72. The van der Waals surface area contributed by atoms with Gasteiger partial charge in [0.2, 0.25) is 0 Å². The molecule has 0 aromatic carbocycles. The highest BCUT2D eigenvalue weighted by atomic mass is 16.6. The minimum absolute atomic E-state index is 0.379. The fourth-order valence-corrected chi connectivity index (χ4v) is 1.01. The van der Waals surface area contributed by atoms with Crippen LogP contribution in [0.2, 0.25) is 0 Å². The van der Waals surface area contributed by atoms with Crippen LogP contribution < -0.4 is 10.7 Å². The molecule has 0 unspecified atom stereocenters. The predicted molar refractivity (Wildman–Crippen MR) is 46.2 cm³/mol. The quantitative estimate of drug-likeness (QED) is 0.677. The maximum absolute atomic E-state index is 4.95. The van der Waals surface area contributed by atoms with Gasteiger partial charge in [0.25, 0.3) is 5.88 Å². The Hall–Kier alpha value is -1.88. The highest BCUT2D eigenvalue weighted by Crippen LogP contribution is 2.09. The predicted octanol–water partition coefficient (Wildman–Crippen LogP) is 0.520. The van der Waals surface area contributed by atoms with Crippen molar-refractivity contribution in [1.82, 2.24) is 14.5 Å². The van der Waals surface area contributed by atoms with Gasteiger partial charge in [-0.05, 0) is 12.1 Å². The van der Waals surface area contributed by atoms with E-state index in [-0.39, 0.29) is 0 Å². The second-order valence-electron chi connectivity index (χ2n) is 2.45. The normalized spacial score (nSPS) is 9.92. The molecule has 66 valence electrons. The molecule has 2 heterocycles. The van der Waals surface area contributed by atoms with Crippen LogP contribution in [0.15, 0.2) is 37.1 Å². The fourth-order valence-electron chi connectivity index (χ4n) is 1.01. The number of rotatable bonds is 2. The number of aromatic nitrogens is 3. The first kappa shape index (κ1) is 7.75. The lowest BCUT2D eigenvalue weighted by Gasteiger charge is -1.97. The zero-order valence-corrected chi connectivity index (χ0v) is 6.79. The third kappa shape index (κ3) is 1.50. The number of hydrogen-bond donors (Lipinski definition) is 1. The number of imidazole rings is 1. The van der Waals surface area contributed by atoms with Crippen molar-refractivity contribution in [2.45, 2.75) is 0 Å². The van der Waals surface area contributed by atoms with E-state index in [1.165, 1.54) is 0 Å². The van der Waals surface area contributed by atoms with E-state index < -0.39 is 0 Å². The van der Waals surface area contributed by atoms with Crippen molar-refractivity contribution in [1.29, 1.82) is 0 Å². The first-order valence-electron chi connectivity index (χ1n) is 3.71. The van der Waals surface area contributed by atoms with Crippen molar-refractivity contribution < 1.29 is 4.84 Å². The van der Waals surface area contributed by atoms with Gasteiger partial charge in [-0.25, -0.2) is 4.98 Å². The van der Waals surface area contributed by atoms with Gasteiger partial charge in [0.1, 0.15) is 6.33 Å². The summed E-state index contributed by atoms with van der Waals surface area (Å²) in [6, 6.07) is 3.76. The lowest BCUT2D eigenvalue weighted by molar-refractivity contribution is 0.322. The molecular weight excluding hydrogens is 168 g/mol. The Morgan fingerprint density at radius 3 is 3.00 bits per heavy atom. The van der Waals surface area contributed by atoms with E-state index in [9.17, 15) is 0 Å². The molecule has 0 saturated carbocycles. The number of pyridine rings is 1. The molecule has 2 N–H and O–H groups in total. The molecule has 2 aromatic heterocycles. The van der Waals surface area contributed by atoms with Gasteiger partial charge in [-0.1, -0.05) is 0 Å². The van der Waals surface area contributed by atoms with Crippen LogP contribution in [0.4, 0.5) is 0 Å². The molecule has 5 heteroatoms. The lowest BCUT2D eigenvalue weighted by atomic mass is 10.4. The molecule has 0 aliphatic rings. The van der Waals surface area contributed by atoms with E-state index in [0.717, 1.165) is 5.69 Å². The highest BCUT2D eigenvalue weighted by Gasteiger charge is 1.99. The monoisotopic (exact) mass is 176 g/mol. The topological polar surface area (TPSA) is 66.0 Å². The molecule has 0 amide bonds. The van der Waals surface area contributed by atoms with E-state index >= 15 is 0 Å². The molecular formula is C8H8N4O. The van der Waals surface area contributed by atoms with Gasteiger partial charge in [-0.2, -0.15) is 5.90 Å². The first-order chi connectivity index (χ1) is 6.40. The van der Waals surface area contributed by atoms with Crippen LogP contribution in [0.3, 0.4) is 0 Å². The molecule has 0 saturated heterocycles. The van der Waals surface area contributed by atoms with Crippen molar-refractivity contribution in [2.75, 3.05) is 0 Å². The van der Waals surface area contributed by atoms with Crippen molar-refractivity contribution >= 4 is 0 Å². The highest BCUT2D eigenvalue weighted by molar-refractivity contribution is 5.29. The minimum Gasteiger partial charge on any atom is -0.389 e. The Morgan fingerprint density at radius 1 is 1.46 bits per heavy atom. The van der Waals surface area contributed by atoms with Gasteiger partial charge in [0.15, 0.2) is 0 Å². The van der Waals surface area contributed by atoms with Crippen LogP contribution in [-0.2, 0) is 0 Å².